The summed E-state index contributed by atoms with van der Waals surface area (Å²) in [4.78, 5) is 21.7. The molecule has 0 spiro atoms. The average molecular weight is 307 g/mol. The minimum absolute atomic E-state index is 0.109. The van der Waals surface area contributed by atoms with E-state index in [1.807, 2.05) is 0 Å². The van der Waals surface area contributed by atoms with Crippen LogP contribution in [0.4, 0.5) is 0 Å². The third kappa shape index (κ3) is 4.88. The van der Waals surface area contributed by atoms with E-state index in [1.165, 1.54) is 24.3 Å². The van der Waals surface area contributed by atoms with Crippen molar-refractivity contribution in [2.75, 3.05) is 0 Å². The lowest BCUT2D eigenvalue weighted by atomic mass is 10.2. The first-order valence-electron chi connectivity index (χ1n) is 5.09. The van der Waals surface area contributed by atoms with Crippen molar-refractivity contribution in [1.82, 2.24) is 0 Å². The molecule has 0 radical (unpaired) electrons. The molecule has 0 fully saturated rings. The van der Waals surface area contributed by atoms with E-state index >= 15 is 0 Å². The smallest absolute Gasteiger partial charge is 0.305 e. The maximum atomic E-state index is 11.1. The fourth-order valence-electron chi connectivity index (χ4n) is 1.25. The van der Waals surface area contributed by atoms with Crippen LogP contribution >= 0.6 is 10.7 Å². The van der Waals surface area contributed by atoms with E-state index in [9.17, 15) is 18.0 Å². The molecule has 0 saturated heterocycles. The number of hydrogen-bond acceptors (Lipinski definition) is 6. The van der Waals surface area contributed by atoms with Gasteiger partial charge in [-0.05, 0) is 12.1 Å². The predicted octanol–water partition coefficient (Wildman–Crippen LogP) is 1.74. The number of carbonyl (C=O) groups excluding carboxylic acids is 2. The van der Waals surface area contributed by atoms with Crippen molar-refractivity contribution in [2.45, 2.75) is 25.0 Å². The molecule has 0 saturated carbocycles. The number of hydrogen-bond donors (Lipinski definition) is 0. The van der Waals surface area contributed by atoms with Gasteiger partial charge in [0.15, 0.2) is 0 Å². The molecule has 0 heterocycles. The SMILES string of the molecule is CC(=O)OC(OC(C)=O)c1ccc(S(=O)(=O)Cl)cc1. The number of ether oxygens (including phenoxy) is 2. The molecule has 0 aliphatic heterocycles. The van der Waals surface area contributed by atoms with E-state index in [1.54, 1.807) is 0 Å². The summed E-state index contributed by atoms with van der Waals surface area (Å²) in [6, 6.07) is 5.12. The summed E-state index contributed by atoms with van der Waals surface area (Å²) in [6.45, 7) is 2.32. The van der Waals surface area contributed by atoms with Gasteiger partial charge < -0.3 is 9.47 Å². The summed E-state index contributed by atoms with van der Waals surface area (Å²) < 4.78 is 31.7. The van der Waals surface area contributed by atoms with Crippen molar-refractivity contribution < 1.29 is 27.5 Å². The van der Waals surface area contributed by atoms with E-state index in [4.69, 9.17) is 20.2 Å². The quantitative estimate of drug-likeness (QED) is 0.478. The lowest BCUT2D eigenvalue weighted by Crippen LogP contribution is -2.15. The fourth-order valence-corrected chi connectivity index (χ4v) is 2.02. The molecule has 0 amide bonds. The summed E-state index contributed by atoms with van der Waals surface area (Å²) in [5.41, 5.74) is 0.314. The maximum Gasteiger partial charge on any atom is 0.305 e. The summed E-state index contributed by atoms with van der Waals surface area (Å²) in [5.74, 6) is -1.28. The van der Waals surface area contributed by atoms with Crippen LogP contribution in [0.3, 0.4) is 0 Å². The van der Waals surface area contributed by atoms with Crippen LogP contribution in [0, 0.1) is 0 Å². The summed E-state index contributed by atoms with van der Waals surface area (Å²) >= 11 is 0. The van der Waals surface area contributed by atoms with Gasteiger partial charge in [-0.1, -0.05) is 12.1 Å². The van der Waals surface area contributed by atoms with Gasteiger partial charge in [0.2, 0.25) is 0 Å². The van der Waals surface area contributed by atoms with Crippen LogP contribution in [0.1, 0.15) is 25.7 Å². The number of benzene rings is 1. The Labute approximate surface area is 114 Å². The standard InChI is InChI=1S/C11H11ClO6S/c1-7(13)17-11(18-8(2)14)9-3-5-10(6-4-9)19(12,15)16/h3-6,11H,1-2H3. The molecule has 104 valence electrons. The van der Waals surface area contributed by atoms with Crippen LogP contribution in [0.2, 0.25) is 0 Å². The first kappa shape index (κ1) is 15.5. The summed E-state index contributed by atoms with van der Waals surface area (Å²) in [6.07, 6.45) is -1.22. The average Bonchev–Trinajstić information content (AvgIpc) is 2.26. The molecule has 8 heteroatoms. The molecule has 0 bridgehead atoms. The van der Waals surface area contributed by atoms with E-state index < -0.39 is 27.3 Å². The van der Waals surface area contributed by atoms with E-state index in [0.29, 0.717) is 5.56 Å². The van der Waals surface area contributed by atoms with Crippen LogP contribution in [0.15, 0.2) is 29.2 Å². The van der Waals surface area contributed by atoms with Crippen molar-refractivity contribution in [2.24, 2.45) is 0 Å². The Bertz CT molecular complexity index is 562. The van der Waals surface area contributed by atoms with E-state index in [-0.39, 0.29) is 4.90 Å². The van der Waals surface area contributed by atoms with Crippen LogP contribution in [0.25, 0.3) is 0 Å². The molecule has 19 heavy (non-hydrogen) atoms. The molecule has 6 nitrogen and oxygen atoms in total. The van der Waals surface area contributed by atoms with Gasteiger partial charge in [0, 0.05) is 30.1 Å². The highest BCUT2D eigenvalue weighted by Crippen LogP contribution is 2.22. The molecular weight excluding hydrogens is 296 g/mol. The monoisotopic (exact) mass is 306 g/mol. The molecule has 0 aromatic heterocycles. The van der Waals surface area contributed by atoms with Crippen molar-refractivity contribution in [3.05, 3.63) is 29.8 Å². The molecule has 0 atom stereocenters. The Morgan fingerprint density at radius 1 is 1.05 bits per heavy atom. The van der Waals surface area contributed by atoms with Gasteiger partial charge >= 0.3 is 11.9 Å². The van der Waals surface area contributed by atoms with Crippen LogP contribution in [-0.2, 0) is 28.1 Å². The highest BCUT2D eigenvalue weighted by atomic mass is 35.7. The minimum atomic E-state index is -3.83. The predicted molar refractivity (Wildman–Crippen MR) is 65.8 cm³/mol. The van der Waals surface area contributed by atoms with Crippen molar-refractivity contribution in [3.8, 4) is 0 Å². The topological polar surface area (TPSA) is 86.7 Å². The van der Waals surface area contributed by atoms with Gasteiger partial charge in [-0.2, -0.15) is 0 Å². The Morgan fingerprint density at radius 2 is 1.47 bits per heavy atom. The second-order valence-corrected chi connectivity index (χ2v) is 6.12. The molecule has 0 unspecified atom stereocenters. The Kier molecular flexibility index (Phi) is 4.90. The maximum absolute atomic E-state index is 11.1. The van der Waals surface area contributed by atoms with Crippen molar-refractivity contribution in [3.63, 3.8) is 0 Å². The van der Waals surface area contributed by atoms with Gasteiger partial charge in [0.25, 0.3) is 15.3 Å². The summed E-state index contributed by atoms with van der Waals surface area (Å²) in [5, 5.41) is 0. The van der Waals surface area contributed by atoms with Crippen LogP contribution in [0.5, 0.6) is 0 Å². The molecule has 0 N–H and O–H groups in total. The van der Waals surface area contributed by atoms with E-state index in [2.05, 4.69) is 0 Å². The number of carbonyl (C=O) groups is 2. The molecule has 0 aliphatic carbocycles. The second-order valence-electron chi connectivity index (χ2n) is 3.56. The zero-order valence-corrected chi connectivity index (χ0v) is 11.7. The van der Waals surface area contributed by atoms with Gasteiger partial charge in [0.1, 0.15) is 0 Å². The highest BCUT2D eigenvalue weighted by molar-refractivity contribution is 8.13. The lowest BCUT2D eigenvalue weighted by molar-refractivity contribution is -0.186. The minimum Gasteiger partial charge on any atom is -0.421 e. The third-order valence-electron chi connectivity index (χ3n) is 1.98. The van der Waals surface area contributed by atoms with Gasteiger partial charge in [-0.3, -0.25) is 9.59 Å². The fraction of sp³-hybridized carbons (Fsp3) is 0.273. The number of esters is 2. The number of halogens is 1. The van der Waals surface area contributed by atoms with Gasteiger partial charge in [-0.25, -0.2) is 8.42 Å². The first-order valence-corrected chi connectivity index (χ1v) is 7.40. The zero-order chi connectivity index (χ0) is 14.6. The van der Waals surface area contributed by atoms with Crippen LogP contribution < -0.4 is 0 Å². The largest absolute Gasteiger partial charge is 0.421 e. The van der Waals surface area contributed by atoms with Crippen LogP contribution in [-0.4, -0.2) is 20.4 Å². The number of rotatable bonds is 4. The van der Waals surface area contributed by atoms with Gasteiger partial charge in [0.05, 0.1) is 4.90 Å². The first-order chi connectivity index (χ1) is 8.70. The Hall–Kier alpha value is -1.60. The molecule has 1 aromatic carbocycles. The Morgan fingerprint density at radius 3 is 1.79 bits per heavy atom. The lowest BCUT2D eigenvalue weighted by Gasteiger charge is -2.16. The second kappa shape index (κ2) is 6.03. The van der Waals surface area contributed by atoms with Crippen molar-refractivity contribution >= 4 is 31.7 Å². The molecule has 0 aliphatic rings. The molecular formula is C11H11ClO6S. The normalized spacial score (nSPS) is 11.2. The molecule has 1 rings (SSSR count). The summed E-state index contributed by atoms with van der Waals surface area (Å²) in [7, 11) is 1.33. The van der Waals surface area contributed by atoms with Crippen molar-refractivity contribution in [1.29, 1.82) is 0 Å². The van der Waals surface area contributed by atoms with Gasteiger partial charge in [-0.15, -0.1) is 0 Å². The zero-order valence-electron chi connectivity index (χ0n) is 10.1. The Balaban J connectivity index is 3.03. The highest BCUT2D eigenvalue weighted by Gasteiger charge is 2.19. The molecule has 1 aromatic rings. The third-order valence-corrected chi connectivity index (χ3v) is 3.35. The van der Waals surface area contributed by atoms with E-state index in [0.717, 1.165) is 13.8 Å².